The van der Waals surface area contributed by atoms with Gasteiger partial charge in [0.1, 0.15) is 0 Å². The number of rotatable bonds is 5. The van der Waals surface area contributed by atoms with E-state index in [0.29, 0.717) is 13.2 Å². The van der Waals surface area contributed by atoms with Crippen LogP contribution in [0.2, 0.25) is 9.26 Å². The monoisotopic (exact) mass is 786 g/mol. The first-order valence-corrected chi connectivity index (χ1v) is 31.6. The third-order valence-corrected chi connectivity index (χ3v) is 29.9. The quantitative estimate of drug-likeness (QED) is 0.153. The van der Waals surface area contributed by atoms with Crippen LogP contribution in [0.25, 0.3) is 56.0 Å². The summed E-state index contributed by atoms with van der Waals surface area (Å²) in [6.07, 6.45) is 9.34. The summed E-state index contributed by atoms with van der Waals surface area (Å²) in [6, 6.07) is 43.5. The predicted octanol–water partition coefficient (Wildman–Crippen LogP) is 13.2. The van der Waals surface area contributed by atoms with E-state index in [1.54, 1.807) is 22.3 Å². The Balaban J connectivity index is 0.00000196. The Hall–Kier alpha value is -3.00. The SMILES string of the molecule is CC1=Cc2c(-c3cccc4ccccc34)ccc(C)c2[CH]1[Zr]([CH3])([CH3])(=[SiH2])[CH]1C(C2CCC2)=Cc2c(-c3cccc4ccccc34)cccc21.Cl.Cl. The van der Waals surface area contributed by atoms with Gasteiger partial charge in [-0.3, -0.25) is 0 Å². The molecule has 9 rings (SSSR count). The van der Waals surface area contributed by atoms with Crippen molar-refractivity contribution in [2.45, 2.75) is 49.6 Å². The maximum absolute atomic E-state index is 3.76. The van der Waals surface area contributed by atoms with Crippen molar-refractivity contribution in [1.29, 1.82) is 0 Å². The van der Waals surface area contributed by atoms with E-state index >= 15 is 0 Å². The molecule has 0 radical (unpaired) electrons. The smallest absolute Gasteiger partial charge is 0.147 e. The molecule has 0 nitrogen and oxygen atoms in total. The van der Waals surface area contributed by atoms with Gasteiger partial charge in [0.2, 0.25) is 0 Å². The number of halogens is 2. The third-order valence-electron chi connectivity index (χ3n) is 12.3. The van der Waals surface area contributed by atoms with Crippen molar-refractivity contribution < 1.29 is 17.4 Å². The molecule has 252 valence electrons. The van der Waals surface area contributed by atoms with Gasteiger partial charge in [0.05, 0.1) is 0 Å². The van der Waals surface area contributed by atoms with Crippen molar-refractivity contribution in [2.75, 3.05) is 0 Å². The fourth-order valence-electron chi connectivity index (χ4n) is 10.2. The molecule has 6 aromatic rings. The molecule has 0 N–H and O–H groups in total. The minimum atomic E-state index is -3.76. The van der Waals surface area contributed by atoms with Crippen LogP contribution >= 0.6 is 24.8 Å². The second-order valence-electron chi connectivity index (χ2n) is 16.1. The normalized spacial score (nSPS) is 18.4. The summed E-state index contributed by atoms with van der Waals surface area (Å²) in [7, 11) is 0. The number of aryl methyl sites for hydroxylation is 1. The molecule has 0 saturated heterocycles. The summed E-state index contributed by atoms with van der Waals surface area (Å²) in [4.78, 5) is 0. The molecule has 0 aromatic heterocycles. The predicted molar refractivity (Wildman–Crippen MR) is 223 cm³/mol. The summed E-state index contributed by atoms with van der Waals surface area (Å²) in [6.45, 7) is 7.33. The molecule has 1 fully saturated rings. The molecular formula is C46H46Cl2SiZr. The Kier molecular flexibility index (Phi) is 9.13. The van der Waals surface area contributed by atoms with Crippen LogP contribution in [0.5, 0.6) is 0 Å². The van der Waals surface area contributed by atoms with E-state index in [9.17, 15) is 0 Å². The second kappa shape index (κ2) is 12.9. The van der Waals surface area contributed by atoms with Gasteiger partial charge in [-0.25, -0.2) is 0 Å². The molecule has 0 amide bonds. The zero-order valence-corrected chi connectivity index (χ0v) is 35.0. The van der Waals surface area contributed by atoms with Crippen molar-refractivity contribution in [1.82, 2.24) is 0 Å². The van der Waals surface area contributed by atoms with Crippen LogP contribution in [0.1, 0.15) is 61.3 Å². The molecule has 0 spiro atoms. The van der Waals surface area contributed by atoms with E-state index in [-0.39, 0.29) is 24.8 Å². The van der Waals surface area contributed by atoms with Gasteiger partial charge < -0.3 is 0 Å². The van der Waals surface area contributed by atoms with Gasteiger partial charge in [0.15, 0.2) is 0 Å². The number of hydrogen-bond donors (Lipinski definition) is 0. The zero-order chi connectivity index (χ0) is 32.8. The Morgan fingerprint density at radius 2 is 1.10 bits per heavy atom. The first-order valence-electron chi connectivity index (χ1n) is 17.9. The van der Waals surface area contributed by atoms with E-state index in [2.05, 4.69) is 157 Å². The molecule has 6 aromatic carbocycles. The van der Waals surface area contributed by atoms with Gasteiger partial charge in [-0.15, -0.1) is 24.8 Å². The van der Waals surface area contributed by atoms with Crippen LogP contribution in [-0.2, 0) is 17.4 Å². The van der Waals surface area contributed by atoms with E-state index in [0.717, 1.165) is 0 Å². The van der Waals surface area contributed by atoms with E-state index in [4.69, 9.17) is 0 Å². The third kappa shape index (κ3) is 5.32. The standard InChI is InChI=1S/C23H19.C21H17.2CH3.2ClH.H2Si.Zr/c1-2-11-20-17(6-1)9-4-12-21(20)22-13-5-10-18-14-19(15-23(18)22)16-7-3-8-16;1-14-12-20-15(2)10-11-19(21(20)13-14)18-9-5-7-16-6-3-4-8-17(16)18;;;;;;/h1-2,4-6,9-16H,3,7-8H2;3-13H,1-2H3;2*1H3;2*1H;1H2;. The Morgan fingerprint density at radius 1 is 0.560 bits per heavy atom. The summed E-state index contributed by atoms with van der Waals surface area (Å²) >= 11 is -3.76. The average molecular weight is 789 g/mol. The van der Waals surface area contributed by atoms with Gasteiger partial charge in [0, 0.05) is 0 Å². The first-order chi connectivity index (χ1) is 23.2. The topological polar surface area (TPSA) is 0 Å². The molecule has 1 saturated carbocycles. The molecule has 50 heavy (non-hydrogen) atoms. The maximum atomic E-state index is 2.82. The van der Waals surface area contributed by atoms with Crippen LogP contribution < -0.4 is 0 Å². The van der Waals surface area contributed by atoms with Crippen molar-refractivity contribution in [3.63, 3.8) is 0 Å². The number of allylic oxidation sites excluding steroid dienone is 2. The molecule has 4 heteroatoms. The summed E-state index contributed by atoms with van der Waals surface area (Å²) < 4.78 is 6.69. The Bertz CT molecular complexity index is 2450. The van der Waals surface area contributed by atoms with Gasteiger partial charge in [-0.2, -0.15) is 0 Å². The molecule has 0 heterocycles. The average Bonchev–Trinajstić information content (AvgIpc) is 3.63. The van der Waals surface area contributed by atoms with Crippen LogP contribution in [0.15, 0.2) is 126 Å². The molecule has 0 aliphatic heterocycles. The van der Waals surface area contributed by atoms with Crippen molar-refractivity contribution in [3.05, 3.63) is 154 Å². The maximum Gasteiger partial charge on any atom is -0.147 e. The van der Waals surface area contributed by atoms with Crippen molar-refractivity contribution in [3.8, 4) is 22.3 Å². The van der Waals surface area contributed by atoms with Crippen LogP contribution in [0.4, 0.5) is 0 Å². The van der Waals surface area contributed by atoms with Crippen LogP contribution in [0.3, 0.4) is 0 Å². The zero-order valence-electron chi connectivity index (χ0n) is 29.5. The Morgan fingerprint density at radius 3 is 1.70 bits per heavy atom. The molecule has 2 unspecified atom stereocenters. The largest absolute Gasteiger partial charge is 0.147 e. The van der Waals surface area contributed by atoms with Crippen LogP contribution in [0, 0.1) is 12.8 Å². The number of benzene rings is 6. The van der Waals surface area contributed by atoms with Gasteiger partial charge in [0.25, 0.3) is 0 Å². The Labute approximate surface area is 312 Å². The number of hydrogen-bond acceptors (Lipinski definition) is 0. The molecule has 3 aliphatic carbocycles. The van der Waals surface area contributed by atoms with E-state index < -0.39 is 17.4 Å². The fourth-order valence-corrected chi connectivity index (χ4v) is 30.6. The first kappa shape index (κ1) is 35.4. The molecular weight excluding hydrogens is 743 g/mol. The van der Waals surface area contributed by atoms with Gasteiger partial charge in [-0.05, 0) is 0 Å². The van der Waals surface area contributed by atoms with E-state index in [1.807, 2.05) is 0 Å². The van der Waals surface area contributed by atoms with E-state index in [1.165, 1.54) is 79.8 Å². The van der Waals surface area contributed by atoms with Gasteiger partial charge >= 0.3 is 290 Å². The molecule has 0 bridgehead atoms. The molecule has 2 atom stereocenters. The van der Waals surface area contributed by atoms with Crippen molar-refractivity contribution in [2.24, 2.45) is 5.92 Å². The molecule has 3 aliphatic rings. The fraction of sp³-hybridized carbons (Fsp3) is 0.217. The second-order valence-corrected chi connectivity index (χ2v) is 46.6. The summed E-state index contributed by atoms with van der Waals surface area (Å²) in [5.41, 5.74) is 16.5. The minimum Gasteiger partial charge on any atom is -0.147 e. The van der Waals surface area contributed by atoms with Crippen LogP contribution in [-0.4, -0.2) is 6.88 Å². The minimum absolute atomic E-state index is 0. The summed E-state index contributed by atoms with van der Waals surface area (Å²) in [5.74, 6) is 0.716. The van der Waals surface area contributed by atoms with Gasteiger partial charge in [-0.1, -0.05) is 0 Å². The number of fused-ring (bicyclic) bond motifs is 4. The summed E-state index contributed by atoms with van der Waals surface area (Å²) in [5, 5.41) is 5.33. The van der Waals surface area contributed by atoms with Crippen molar-refractivity contribution >= 4 is 65.4 Å².